The molecule has 6 heteroatoms. The Balaban J connectivity index is 2.14. The predicted octanol–water partition coefficient (Wildman–Crippen LogP) is 3.24. The van der Waals surface area contributed by atoms with E-state index < -0.39 is 29.7 Å². The van der Waals surface area contributed by atoms with Gasteiger partial charge < -0.3 is 10.4 Å². The molecule has 0 bridgehead atoms. The first-order valence-corrected chi connectivity index (χ1v) is 7.35. The zero-order valence-electron chi connectivity index (χ0n) is 11.4. The van der Waals surface area contributed by atoms with E-state index in [-0.39, 0.29) is 10.6 Å². The van der Waals surface area contributed by atoms with E-state index in [0.717, 1.165) is 25.3 Å². The molecule has 1 amide bonds. The zero-order chi connectivity index (χ0) is 15.4. The highest BCUT2D eigenvalue weighted by molar-refractivity contribution is 6.30. The lowest BCUT2D eigenvalue weighted by atomic mass is 9.94. The molecule has 0 heterocycles. The second kappa shape index (κ2) is 6.89. The fourth-order valence-corrected chi connectivity index (χ4v) is 2.85. The molecular weight excluding hydrogens is 297 g/mol. The summed E-state index contributed by atoms with van der Waals surface area (Å²) in [6.45, 7) is 0. The molecule has 1 fully saturated rings. The minimum absolute atomic E-state index is 0.118. The number of hydrogen-bond acceptors (Lipinski definition) is 2. The number of benzene rings is 1. The van der Waals surface area contributed by atoms with Gasteiger partial charge in [-0.3, -0.25) is 9.59 Å². The van der Waals surface area contributed by atoms with Gasteiger partial charge in [-0.25, -0.2) is 4.39 Å². The average Bonchev–Trinajstić information content (AvgIpc) is 2.63. The Bertz CT molecular complexity index is 550. The molecule has 0 radical (unpaired) electrons. The van der Waals surface area contributed by atoms with E-state index >= 15 is 0 Å². The van der Waals surface area contributed by atoms with Crippen molar-refractivity contribution in [2.24, 2.45) is 5.92 Å². The molecule has 0 saturated heterocycles. The van der Waals surface area contributed by atoms with Gasteiger partial charge in [0.05, 0.1) is 11.5 Å². The Labute approximate surface area is 127 Å². The SMILES string of the molecule is O=C(N[C@H]1CCCCC[C@H]1C(=O)O)c1ccc(Cl)cc1F. The van der Waals surface area contributed by atoms with Gasteiger partial charge in [0, 0.05) is 11.1 Å². The van der Waals surface area contributed by atoms with Crippen molar-refractivity contribution >= 4 is 23.5 Å². The first kappa shape index (κ1) is 15.8. The minimum atomic E-state index is -0.918. The number of carboxylic acids is 1. The summed E-state index contributed by atoms with van der Waals surface area (Å²) in [5.41, 5.74) is -0.118. The molecule has 1 aromatic carbocycles. The van der Waals surface area contributed by atoms with Gasteiger partial charge in [-0.15, -0.1) is 0 Å². The summed E-state index contributed by atoms with van der Waals surface area (Å²) in [4.78, 5) is 23.4. The minimum Gasteiger partial charge on any atom is -0.481 e. The third kappa shape index (κ3) is 3.94. The summed E-state index contributed by atoms with van der Waals surface area (Å²) >= 11 is 5.65. The molecule has 1 aromatic rings. The smallest absolute Gasteiger partial charge is 0.308 e. The van der Waals surface area contributed by atoms with Crippen LogP contribution in [0.2, 0.25) is 5.02 Å². The number of nitrogens with one attached hydrogen (secondary N) is 1. The molecule has 114 valence electrons. The van der Waals surface area contributed by atoms with Gasteiger partial charge in [-0.1, -0.05) is 30.9 Å². The molecule has 1 saturated carbocycles. The number of amides is 1. The molecule has 0 unspecified atom stereocenters. The van der Waals surface area contributed by atoms with Gasteiger partial charge in [0.1, 0.15) is 5.82 Å². The summed E-state index contributed by atoms with van der Waals surface area (Å²) in [5, 5.41) is 12.1. The molecule has 1 aliphatic carbocycles. The van der Waals surface area contributed by atoms with Gasteiger partial charge in [0.2, 0.25) is 0 Å². The van der Waals surface area contributed by atoms with E-state index in [1.54, 1.807) is 0 Å². The van der Waals surface area contributed by atoms with Crippen molar-refractivity contribution in [3.8, 4) is 0 Å². The van der Waals surface area contributed by atoms with Gasteiger partial charge in [-0.05, 0) is 31.0 Å². The van der Waals surface area contributed by atoms with Crippen molar-refractivity contribution in [2.75, 3.05) is 0 Å². The number of hydrogen-bond donors (Lipinski definition) is 2. The van der Waals surface area contributed by atoms with Crippen LogP contribution in [0.25, 0.3) is 0 Å². The standard InChI is InChI=1S/C15H17ClFNO3/c16-9-6-7-10(12(17)8-9)14(19)18-13-5-3-1-2-4-11(13)15(20)21/h6-8,11,13H,1-5H2,(H,18,19)(H,20,21)/t11-,13+/m1/s1. The second-order valence-electron chi connectivity index (χ2n) is 5.29. The third-order valence-corrected chi connectivity index (χ3v) is 4.06. The monoisotopic (exact) mass is 313 g/mol. The molecular formula is C15H17ClFNO3. The highest BCUT2D eigenvalue weighted by Gasteiger charge is 2.31. The van der Waals surface area contributed by atoms with Crippen molar-refractivity contribution in [3.05, 3.63) is 34.6 Å². The molecule has 4 nitrogen and oxygen atoms in total. The number of halogens is 2. The van der Waals surface area contributed by atoms with Crippen molar-refractivity contribution in [2.45, 2.75) is 38.1 Å². The van der Waals surface area contributed by atoms with Crippen LogP contribution in [0.1, 0.15) is 42.5 Å². The van der Waals surface area contributed by atoms with Crippen LogP contribution in [-0.2, 0) is 4.79 Å². The molecule has 0 spiro atoms. The summed E-state index contributed by atoms with van der Waals surface area (Å²) in [6, 6.07) is 3.34. The van der Waals surface area contributed by atoms with E-state index in [4.69, 9.17) is 11.6 Å². The first-order chi connectivity index (χ1) is 9.99. The van der Waals surface area contributed by atoms with Crippen LogP contribution in [0.3, 0.4) is 0 Å². The number of aliphatic carboxylic acids is 1. The molecule has 1 aliphatic rings. The maximum absolute atomic E-state index is 13.7. The average molecular weight is 314 g/mol. The Morgan fingerprint density at radius 2 is 1.95 bits per heavy atom. The maximum Gasteiger partial charge on any atom is 0.308 e. The van der Waals surface area contributed by atoms with Crippen LogP contribution in [0.4, 0.5) is 4.39 Å². The molecule has 2 N–H and O–H groups in total. The largest absolute Gasteiger partial charge is 0.481 e. The lowest BCUT2D eigenvalue weighted by Crippen LogP contribution is -2.43. The number of rotatable bonds is 3. The molecule has 2 rings (SSSR count). The second-order valence-corrected chi connectivity index (χ2v) is 5.72. The predicted molar refractivity (Wildman–Crippen MR) is 76.9 cm³/mol. The van der Waals surface area contributed by atoms with Crippen molar-refractivity contribution < 1.29 is 19.1 Å². The van der Waals surface area contributed by atoms with Gasteiger partial charge in [0.15, 0.2) is 0 Å². The van der Waals surface area contributed by atoms with Crippen molar-refractivity contribution in [3.63, 3.8) is 0 Å². The normalized spacial score (nSPS) is 22.4. The zero-order valence-corrected chi connectivity index (χ0v) is 12.2. The Morgan fingerprint density at radius 1 is 1.24 bits per heavy atom. The highest BCUT2D eigenvalue weighted by atomic mass is 35.5. The van der Waals surface area contributed by atoms with Crippen LogP contribution in [0.15, 0.2) is 18.2 Å². The molecule has 0 aromatic heterocycles. The number of carbonyl (C=O) groups is 2. The van der Waals surface area contributed by atoms with Gasteiger partial charge in [0.25, 0.3) is 5.91 Å². The van der Waals surface area contributed by atoms with E-state index in [1.165, 1.54) is 12.1 Å². The summed E-state index contributed by atoms with van der Waals surface area (Å²) in [5.74, 6) is -2.84. The van der Waals surface area contributed by atoms with E-state index in [2.05, 4.69) is 5.32 Å². The van der Waals surface area contributed by atoms with Gasteiger partial charge in [-0.2, -0.15) is 0 Å². The van der Waals surface area contributed by atoms with Gasteiger partial charge >= 0.3 is 5.97 Å². The maximum atomic E-state index is 13.7. The molecule has 2 atom stereocenters. The van der Waals surface area contributed by atoms with Crippen molar-refractivity contribution in [1.29, 1.82) is 0 Å². The third-order valence-electron chi connectivity index (χ3n) is 3.83. The number of carbonyl (C=O) groups excluding carboxylic acids is 1. The molecule has 0 aliphatic heterocycles. The summed E-state index contributed by atoms with van der Waals surface area (Å²) in [6.07, 6.45) is 3.77. The first-order valence-electron chi connectivity index (χ1n) is 6.98. The summed E-state index contributed by atoms with van der Waals surface area (Å²) in [7, 11) is 0. The topological polar surface area (TPSA) is 66.4 Å². The molecule has 21 heavy (non-hydrogen) atoms. The Hall–Kier alpha value is -1.62. The lowest BCUT2D eigenvalue weighted by molar-refractivity contribution is -0.142. The fourth-order valence-electron chi connectivity index (χ4n) is 2.70. The number of carboxylic acid groups (broad SMARTS) is 1. The van der Waals surface area contributed by atoms with Crippen LogP contribution in [0, 0.1) is 11.7 Å². The van der Waals surface area contributed by atoms with Crippen LogP contribution < -0.4 is 5.32 Å². The summed E-state index contributed by atoms with van der Waals surface area (Å²) < 4.78 is 13.7. The van der Waals surface area contributed by atoms with Crippen LogP contribution >= 0.6 is 11.6 Å². The lowest BCUT2D eigenvalue weighted by Gasteiger charge is -2.23. The van der Waals surface area contributed by atoms with E-state index in [1.807, 2.05) is 0 Å². The Kier molecular flexibility index (Phi) is 5.17. The van der Waals surface area contributed by atoms with Crippen LogP contribution in [0.5, 0.6) is 0 Å². The Morgan fingerprint density at radius 3 is 2.62 bits per heavy atom. The highest BCUT2D eigenvalue weighted by Crippen LogP contribution is 2.24. The van der Waals surface area contributed by atoms with Crippen LogP contribution in [-0.4, -0.2) is 23.0 Å². The quantitative estimate of drug-likeness (QED) is 0.842. The van der Waals surface area contributed by atoms with E-state index in [9.17, 15) is 19.1 Å². The fraction of sp³-hybridized carbons (Fsp3) is 0.467. The van der Waals surface area contributed by atoms with E-state index in [0.29, 0.717) is 12.8 Å². The van der Waals surface area contributed by atoms with Crippen molar-refractivity contribution in [1.82, 2.24) is 5.32 Å².